The first-order valence-corrected chi connectivity index (χ1v) is 7.03. The number of nitrogens with zero attached hydrogens (tertiary/aromatic N) is 2. The number of hydrogen-bond donors (Lipinski definition) is 1. The largest absolute Gasteiger partial charge is 0.465 e. The summed E-state index contributed by atoms with van der Waals surface area (Å²) < 4.78 is 4.77. The Morgan fingerprint density at radius 3 is 2.80 bits per heavy atom. The van der Waals surface area contributed by atoms with E-state index in [0.717, 1.165) is 31.9 Å². The molecule has 0 aliphatic carbocycles. The molecular weight excluding hydrogens is 254 g/mol. The molecular formula is C15H23N3O2. The number of ether oxygens (including phenoxy) is 1. The molecule has 2 N–H and O–H groups in total. The van der Waals surface area contributed by atoms with E-state index < -0.39 is 0 Å². The van der Waals surface area contributed by atoms with Gasteiger partial charge >= 0.3 is 5.97 Å². The highest BCUT2D eigenvalue weighted by molar-refractivity contribution is 5.92. The minimum atomic E-state index is -0.327. The van der Waals surface area contributed by atoms with Gasteiger partial charge in [-0.25, -0.2) is 4.79 Å². The van der Waals surface area contributed by atoms with Gasteiger partial charge in [0.15, 0.2) is 0 Å². The lowest BCUT2D eigenvalue weighted by Crippen LogP contribution is -2.51. The molecule has 1 fully saturated rings. The van der Waals surface area contributed by atoms with E-state index in [4.69, 9.17) is 10.5 Å². The molecule has 1 aliphatic rings. The predicted octanol–water partition coefficient (Wildman–Crippen LogP) is 1.59. The quantitative estimate of drug-likeness (QED) is 0.671. The zero-order valence-corrected chi connectivity index (χ0v) is 12.4. The SMILES string of the molecule is CCN1CCN(c2cc(C(=O)OC)ccc2N)CC1C. The van der Waals surface area contributed by atoms with E-state index in [1.807, 2.05) is 6.07 Å². The van der Waals surface area contributed by atoms with Gasteiger partial charge in [0.25, 0.3) is 0 Å². The van der Waals surface area contributed by atoms with Crippen molar-refractivity contribution in [2.24, 2.45) is 0 Å². The number of methoxy groups -OCH3 is 1. The summed E-state index contributed by atoms with van der Waals surface area (Å²) in [5, 5.41) is 0. The number of anilines is 2. The van der Waals surface area contributed by atoms with Crippen molar-refractivity contribution in [1.29, 1.82) is 0 Å². The normalized spacial score (nSPS) is 19.9. The predicted molar refractivity (Wildman–Crippen MR) is 81.1 cm³/mol. The van der Waals surface area contributed by atoms with Crippen molar-refractivity contribution in [3.63, 3.8) is 0 Å². The van der Waals surface area contributed by atoms with Gasteiger partial charge in [-0.3, -0.25) is 4.90 Å². The van der Waals surface area contributed by atoms with Crippen molar-refractivity contribution in [3.05, 3.63) is 23.8 Å². The van der Waals surface area contributed by atoms with Gasteiger partial charge in [0.05, 0.1) is 24.0 Å². The molecule has 0 saturated carbocycles. The summed E-state index contributed by atoms with van der Waals surface area (Å²) >= 11 is 0. The summed E-state index contributed by atoms with van der Waals surface area (Å²) in [6, 6.07) is 5.79. The molecule has 1 aromatic carbocycles. The summed E-state index contributed by atoms with van der Waals surface area (Å²) in [6.45, 7) is 8.32. The molecule has 1 saturated heterocycles. The highest BCUT2D eigenvalue weighted by Crippen LogP contribution is 2.27. The Morgan fingerprint density at radius 2 is 2.20 bits per heavy atom. The Balaban J connectivity index is 2.22. The Bertz CT molecular complexity index is 490. The summed E-state index contributed by atoms with van der Waals surface area (Å²) in [6.07, 6.45) is 0. The van der Waals surface area contributed by atoms with Crippen LogP contribution in [0, 0.1) is 0 Å². The highest BCUT2D eigenvalue weighted by Gasteiger charge is 2.24. The second kappa shape index (κ2) is 6.13. The number of carbonyl (C=O) groups is 1. The molecule has 0 bridgehead atoms. The molecule has 2 rings (SSSR count). The minimum Gasteiger partial charge on any atom is -0.465 e. The van der Waals surface area contributed by atoms with Crippen LogP contribution in [0.4, 0.5) is 11.4 Å². The third-order valence-electron chi connectivity index (χ3n) is 3.96. The van der Waals surface area contributed by atoms with Crippen LogP contribution in [0.15, 0.2) is 18.2 Å². The maximum Gasteiger partial charge on any atom is 0.337 e. The maximum atomic E-state index is 11.6. The van der Waals surface area contributed by atoms with Crippen LogP contribution in [0.25, 0.3) is 0 Å². The van der Waals surface area contributed by atoms with E-state index in [0.29, 0.717) is 17.3 Å². The maximum absolute atomic E-state index is 11.6. The van der Waals surface area contributed by atoms with Crippen molar-refractivity contribution in [2.45, 2.75) is 19.9 Å². The van der Waals surface area contributed by atoms with Crippen molar-refractivity contribution in [1.82, 2.24) is 4.90 Å². The van der Waals surface area contributed by atoms with Gasteiger partial charge in [-0.1, -0.05) is 6.92 Å². The second-order valence-corrected chi connectivity index (χ2v) is 5.19. The van der Waals surface area contributed by atoms with Gasteiger partial charge in [-0.2, -0.15) is 0 Å². The van der Waals surface area contributed by atoms with Gasteiger partial charge in [0.2, 0.25) is 0 Å². The van der Waals surface area contributed by atoms with Crippen LogP contribution in [0.1, 0.15) is 24.2 Å². The first-order valence-electron chi connectivity index (χ1n) is 7.03. The summed E-state index contributed by atoms with van der Waals surface area (Å²) in [7, 11) is 1.39. The van der Waals surface area contributed by atoms with Gasteiger partial charge in [0, 0.05) is 25.7 Å². The molecule has 5 nitrogen and oxygen atoms in total. The number of nitrogens with two attached hydrogens (primary N) is 1. The fourth-order valence-corrected chi connectivity index (χ4v) is 2.75. The zero-order valence-electron chi connectivity index (χ0n) is 12.4. The van der Waals surface area contributed by atoms with Crippen LogP contribution in [0.5, 0.6) is 0 Å². The number of piperazine rings is 1. The monoisotopic (exact) mass is 277 g/mol. The molecule has 0 amide bonds. The standard InChI is InChI=1S/C15H23N3O2/c1-4-17-7-8-18(10-11(17)2)14-9-12(15(19)20-3)5-6-13(14)16/h5-6,9,11H,4,7-8,10,16H2,1-3H3. The molecule has 1 aliphatic heterocycles. The summed E-state index contributed by atoms with van der Waals surface area (Å²) in [5.41, 5.74) is 8.24. The van der Waals surface area contributed by atoms with E-state index >= 15 is 0 Å². The minimum absolute atomic E-state index is 0.327. The number of nitrogen functional groups attached to an aromatic ring is 1. The second-order valence-electron chi connectivity index (χ2n) is 5.19. The Morgan fingerprint density at radius 1 is 1.45 bits per heavy atom. The van der Waals surface area contributed by atoms with Crippen LogP contribution in [0.2, 0.25) is 0 Å². The number of hydrogen-bond acceptors (Lipinski definition) is 5. The van der Waals surface area contributed by atoms with E-state index in [1.165, 1.54) is 7.11 Å². The van der Waals surface area contributed by atoms with Crippen molar-refractivity contribution in [2.75, 3.05) is 43.9 Å². The van der Waals surface area contributed by atoms with Crippen molar-refractivity contribution < 1.29 is 9.53 Å². The van der Waals surface area contributed by atoms with Crippen LogP contribution in [0.3, 0.4) is 0 Å². The number of rotatable bonds is 3. The molecule has 110 valence electrons. The average molecular weight is 277 g/mol. The van der Waals surface area contributed by atoms with Crippen LogP contribution < -0.4 is 10.6 Å². The van der Waals surface area contributed by atoms with Crippen LogP contribution >= 0.6 is 0 Å². The van der Waals surface area contributed by atoms with Gasteiger partial charge in [-0.05, 0) is 31.7 Å². The van der Waals surface area contributed by atoms with Gasteiger partial charge < -0.3 is 15.4 Å². The topological polar surface area (TPSA) is 58.8 Å². The number of carbonyl (C=O) groups excluding carboxylic acids is 1. The smallest absolute Gasteiger partial charge is 0.337 e. The Labute approximate surface area is 120 Å². The number of benzene rings is 1. The first kappa shape index (κ1) is 14.7. The number of esters is 1. The lowest BCUT2D eigenvalue weighted by molar-refractivity contribution is 0.0601. The van der Waals surface area contributed by atoms with E-state index in [9.17, 15) is 4.79 Å². The molecule has 0 spiro atoms. The van der Waals surface area contributed by atoms with Crippen LogP contribution in [-0.2, 0) is 4.74 Å². The first-order chi connectivity index (χ1) is 9.56. The fraction of sp³-hybridized carbons (Fsp3) is 0.533. The van der Waals surface area contributed by atoms with E-state index in [1.54, 1.807) is 12.1 Å². The Hall–Kier alpha value is -1.75. The highest BCUT2D eigenvalue weighted by atomic mass is 16.5. The third kappa shape index (κ3) is 2.88. The molecule has 1 unspecified atom stereocenters. The summed E-state index contributed by atoms with van der Waals surface area (Å²) in [5.74, 6) is -0.327. The molecule has 20 heavy (non-hydrogen) atoms. The molecule has 5 heteroatoms. The fourth-order valence-electron chi connectivity index (χ4n) is 2.75. The molecule has 1 heterocycles. The van der Waals surface area contributed by atoms with E-state index in [2.05, 4.69) is 23.6 Å². The lowest BCUT2D eigenvalue weighted by atomic mass is 10.1. The Kier molecular flexibility index (Phi) is 4.49. The molecule has 1 atom stereocenters. The average Bonchev–Trinajstić information content (AvgIpc) is 2.46. The van der Waals surface area contributed by atoms with Crippen LogP contribution in [-0.4, -0.2) is 50.2 Å². The van der Waals surface area contributed by atoms with Crippen molar-refractivity contribution in [3.8, 4) is 0 Å². The van der Waals surface area contributed by atoms with Crippen molar-refractivity contribution >= 4 is 17.3 Å². The molecule has 0 aromatic heterocycles. The zero-order chi connectivity index (χ0) is 14.7. The summed E-state index contributed by atoms with van der Waals surface area (Å²) in [4.78, 5) is 16.3. The van der Waals surface area contributed by atoms with Gasteiger partial charge in [0.1, 0.15) is 0 Å². The molecule has 0 radical (unpaired) electrons. The third-order valence-corrected chi connectivity index (χ3v) is 3.96. The van der Waals surface area contributed by atoms with E-state index in [-0.39, 0.29) is 5.97 Å². The van der Waals surface area contributed by atoms with Gasteiger partial charge in [-0.15, -0.1) is 0 Å². The lowest BCUT2D eigenvalue weighted by Gasteiger charge is -2.41. The number of likely N-dealkylation sites (N-methyl/N-ethyl adjacent to an activating group) is 1. The molecule has 1 aromatic rings.